The largest absolute Gasteiger partial charge is 0.408 e. The van der Waals surface area contributed by atoms with Crippen molar-refractivity contribution in [2.24, 2.45) is 11.3 Å². The van der Waals surface area contributed by atoms with Crippen molar-refractivity contribution >= 4 is 18.3 Å². The maximum Gasteiger partial charge on any atom is 0.408 e. The van der Waals surface area contributed by atoms with E-state index in [0.717, 1.165) is 0 Å². The van der Waals surface area contributed by atoms with Crippen LogP contribution in [-0.2, 0) is 4.79 Å². The van der Waals surface area contributed by atoms with Crippen LogP contribution in [0.2, 0.25) is 0 Å². The van der Waals surface area contributed by atoms with Gasteiger partial charge >= 0.3 is 6.18 Å². The standard InChI is InChI=1S/C11H19F3N2O.ClH/c1-10(2,3)4-8(11(12,13)14)16-9(17)7-5-15-6-7;/h7-8,15H,4-6H2,1-3H3,(H,16,17);1H. The van der Waals surface area contributed by atoms with Gasteiger partial charge in [-0.2, -0.15) is 13.2 Å². The molecule has 108 valence electrons. The molecule has 1 aliphatic rings. The van der Waals surface area contributed by atoms with Crippen LogP contribution in [0.3, 0.4) is 0 Å². The third-order valence-electron chi connectivity index (χ3n) is 2.68. The molecule has 1 unspecified atom stereocenters. The second-order valence-electron chi connectivity index (χ2n) is 5.72. The van der Waals surface area contributed by atoms with Gasteiger partial charge in [-0.15, -0.1) is 12.4 Å². The Balaban J connectivity index is 0.00000289. The van der Waals surface area contributed by atoms with Gasteiger partial charge in [-0.05, 0) is 11.8 Å². The van der Waals surface area contributed by atoms with E-state index in [9.17, 15) is 18.0 Å². The predicted molar refractivity (Wildman–Crippen MR) is 65.7 cm³/mol. The number of halogens is 4. The van der Waals surface area contributed by atoms with E-state index in [1.54, 1.807) is 20.8 Å². The van der Waals surface area contributed by atoms with Gasteiger partial charge in [0, 0.05) is 13.1 Å². The van der Waals surface area contributed by atoms with E-state index in [1.807, 2.05) is 0 Å². The quantitative estimate of drug-likeness (QED) is 0.835. The lowest BCUT2D eigenvalue weighted by Crippen LogP contribution is -2.56. The number of nitrogens with one attached hydrogen (secondary N) is 2. The molecule has 1 aliphatic heterocycles. The highest BCUT2D eigenvalue weighted by atomic mass is 35.5. The number of amides is 1. The van der Waals surface area contributed by atoms with Crippen molar-refractivity contribution in [1.82, 2.24) is 10.6 Å². The lowest BCUT2D eigenvalue weighted by molar-refractivity contribution is -0.168. The van der Waals surface area contributed by atoms with Crippen LogP contribution in [0.15, 0.2) is 0 Å². The third kappa shape index (κ3) is 5.44. The Morgan fingerprint density at radius 3 is 2.11 bits per heavy atom. The molecule has 1 rings (SSSR count). The highest BCUT2D eigenvalue weighted by Crippen LogP contribution is 2.30. The van der Waals surface area contributed by atoms with E-state index < -0.39 is 23.5 Å². The zero-order valence-corrected chi connectivity index (χ0v) is 11.5. The maximum atomic E-state index is 12.8. The Morgan fingerprint density at radius 2 is 1.83 bits per heavy atom. The van der Waals surface area contributed by atoms with Gasteiger partial charge in [-0.25, -0.2) is 0 Å². The number of hydrogen-bond donors (Lipinski definition) is 2. The second-order valence-corrected chi connectivity index (χ2v) is 5.72. The minimum absolute atomic E-state index is 0. The number of hydrogen-bond acceptors (Lipinski definition) is 2. The van der Waals surface area contributed by atoms with Crippen LogP contribution in [-0.4, -0.2) is 31.2 Å². The first kappa shape index (κ1) is 17.5. The molecule has 0 aromatic rings. The van der Waals surface area contributed by atoms with Gasteiger partial charge in [0.1, 0.15) is 6.04 Å². The van der Waals surface area contributed by atoms with E-state index in [0.29, 0.717) is 13.1 Å². The summed E-state index contributed by atoms with van der Waals surface area (Å²) in [5.74, 6) is -0.824. The van der Waals surface area contributed by atoms with Gasteiger partial charge < -0.3 is 10.6 Å². The molecule has 7 heteroatoms. The smallest absolute Gasteiger partial charge is 0.344 e. The molecule has 0 radical (unpaired) electrons. The molecule has 1 atom stereocenters. The Bertz CT molecular complexity index is 285. The first-order valence-corrected chi connectivity index (χ1v) is 5.67. The molecular formula is C11H20ClF3N2O. The van der Waals surface area contributed by atoms with Crippen molar-refractivity contribution in [2.75, 3.05) is 13.1 Å². The lowest BCUT2D eigenvalue weighted by atomic mass is 9.87. The highest BCUT2D eigenvalue weighted by Gasteiger charge is 2.43. The zero-order valence-electron chi connectivity index (χ0n) is 10.7. The van der Waals surface area contributed by atoms with Crippen LogP contribution in [0.4, 0.5) is 13.2 Å². The molecule has 0 bridgehead atoms. The minimum Gasteiger partial charge on any atom is -0.344 e. The summed E-state index contributed by atoms with van der Waals surface area (Å²) in [5.41, 5.74) is -0.481. The van der Waals surface area contributed by atoms with Crippen LogP contribution in [0.1, 0.15) is 27.2 Å². The van der Waals surface area contributed by atoms with Gasteiger partial charge in [0.25, 0.3) is 0 Å². The maximum absolute atomic E-state index is 12.8. The average Bonchev–Trinajstić information content (AvgIpc) is 1.94. The van der Waals surface area contributed by atoms with Crippen molar-refractivity contribution in [3.8, 4) is 0 Å². The fourth-order valence-corrected chi connectivity index (χ4v) is 1.62. The first-order valence-electron chi connectivity index (χ1n) is 5.67. The molecule has 0 aromatic heterocycles. The van der Waals surface area contributed by atoms with Crippen molar-refractivity contribution in [3.63, 3.8) is 0 Å². The van der Waals surface area contributed by atoms with Crippen LogP contribution in [0, 0.1) is 11.3 Å². The van der Waals surface area contributed by atoms with E-state index in [4.69, 9.17) is 0 Å². The predicted octanol–water partition coefficient (Wildman–Crippen LogP) is 2.11. The third-order valence-corrected chi connectivity index (χ3v) is 2.68. The van der Waals surface area contributed by atoms with Crippen LogP contribution >= 0.6 is 12.4 Å². The Morgan fingerprint density at radius 1 is 1.33 bits per heavy atom. The van der Waals surface area contributed by atoms with Gasteiger partial charge in [0.05, 0.1) is 5.92 Å². The molecule has 0 spiro atoms. The molecule has 0 aromatic carbocycles. The molecule has 18 heavy (non-hydrogen) atoms. The summed E-state index contributed by atoms with van der Waals surface area (Å²) >= 11 is 0. The normalized spacial score (nSPS) is 18.6. The summed E-state index contributed by atoms with van der Waals surface area (Å²) in [5, 5.41) is 4.97. The van der Waals surface area contributed by atoms with E-state index in [2.05, 4.69) is 10.6 Å². The monoisotopic (exact) mass is 288 g/mol. The molecule has 2 N–H and O–H groups in total. The van der Waals surface area contributed by atoms with Gasteiger partial charge in [-0.3, -0.25) is 4.79 Å². The molecule has 1 fully saturated rings. The van der Waals surface area contributed by atoms with Crippen LogP contribution < -0.4 is 10.6 Å². The average molecular weight is 289 g/mol. The Labute approximate surface area is 111 Å². The molecule has 0 saturated carbocycles. The summed E-state index contributed by atoms with van der Waals surface area (Å²) in [6.45, 7) is 6.10. The first-order chi connectivity index (χ1) is 7.59. The lowest BCUT2D eigenvalue weighted by Gasteiger charge is -2.32. The Hall–Kier alpha value is -0.490. The molecule has 3 nitrogen and oxygen atoms in total. The highest BCUT2D eigenvalue weighted by molar-refractivity contribution is 5.85. The van der Waals surface area contributed by atoms with Gasteiger partial charge in [0.15, 0.2) is 0 Å². The number of carbonyl (C=O) groups excluding carboxylic acids is 1. The van der Waals surface area contributed by atoms with Crippen molar-refractivity contribution in [1.29, 1.82) is 0 Å². The minimum atomic E-state index is -4.39. The van der Waals surface area contributed by atoms with E-state index in [-0.39, 0.29) is 24.7 Å². The van der Waals surface area contributed by atoms with Gasteiger partial charge in [0.2, 0.25) is 5.91 Å². The fourth-order valence-electron chi connectivity index (χ4n) is 1.62. The van der Waals surface area contributed by atoms with Crippen LogP contribution in [0.5, 0.6) is 0 Å². The molecule has 1 heterocycles. The molecule has 1 amide bonds. The fraction of sp³-hybridized carbons (Fsp3) is 0.909. The molecule has 0 aliphatic carbocycles. The zero-order chi connectivity index (χ0) is 13.3. The van der Waals surface area contributed by atoms with Crippen molar-refractivity contribution in [3.05, 3.63) is 0 Å². The topological polar surface area (TPSA) is 41.1 Å². The van der Waals surface area contributed by atoms with Gasteiger partial charge in [-0.1, -0.05) is 20.8 Å². The summed E-state index contributed by atoms with van der Waals surface area (Å²) in [6.07, 6.45) is -4.50. The van der Waals surface area contributed by atoms with Crippen LogP contribution in [0.25, 0.3) is 0 Å². The SMILES string of the molecule is CC(C)(C)CC(NC(=O)C1CNC1)C(F)(F)F.Cl. The number of alkyl halides is 3. The number of rotatable bonds is 3. The molecular weight excluding hydrogens is 269 g/mol. The number of carbonyl (C=O) groups is 1. The summed E-state index contributed by atoms with van der Waals surface area (Å²) in [6, 6.07) is -1.75. The van der Waals surface area contributed by atoms with Crippen molar-refractivity contribution in [2.45, 2.75) is 39.4 Å². The van der Waals surface area contributed by atoms with E-state index >= 15 is 0 Å². The second kappa shape index (κ2) is 6.10. The molecule has 1 saturated heterocycles. The Kier molecular flexibility index (Phi) is 5.94. The summed E-state index contributed by atoms with van der Waals surface area (Å²) in [7, 11) is 0. The summed E-state index contributed by atoms with van der Waals surface area (Å²) < 4.78 is 38.3. The summed E-state index contributed by atoms with van der Waals surface area (Å²) in [4.78, 5) is 11.5. The van der Waals surface area contributed by atoms with E-state index in [1.165, 1.54) is 0 Å². The van der Waals surface area contributed by atoms with Crippen molar-refractivity contribution < 1.29 is 18.0 Å².